The molecule has 3 nitrogen and oxygen atoms in total. The van der Waals surface area contributed by atoms with Gasteiger partial charge in [-0.25, -0.2) is 4.98 Å². The summed E-state index contributed by atoms with van der Waals surface area (Å²) in [4.78, 5) is 7.17. The number of aromatic nitrogens is 2. The Morgan fingerprint density at radius 3 is 2.38 bits per heavy atom. The smallest absolute Gasteiger partial charge is 0.137 e. The summed E-state index contributed by atoms with van der Waals surface area (Å²) in [6.07, 6.45) is 2.08. The van der Waals surface area contributed by atoms with Crippen molar-refractivity contribution >= 4 is 17.2 Å². The highest BCUT2D eigenvalue weighted by Gasteiger charge is 2.15. The van der Waals surface area contributed by atoms with Crippen LogP contribution in [-0.4, -0.2) is 21.3 Å². The van der Waals surface area contributed by atoms with E-state index in [1.807, 2.05) is 30.3 Å². The summed E-state index contributed by atoms with van der Waals surface area (Å²) in [5.74, 6) is 0. The van der Waals surface area contributed by atoms with Gasteiger partial charge in [0, 0.05) is 29.9 Å². The molecule has 4 heteroatoms. The van der Waals surface area contributed by atoms with Crippen LogP contribution in [0.15, 0.2) is 79.0 Å². The van der Waals surface area contributed by atoms with Crippen LogP contribution < -0.4 is 0 Å². The first-order valence-electron chi connectivity index (χ1n) is 8.65. The molecule has 2 heterocycles. The van der Waals surface area contributed by atoms with E-state index in [-0.39, 0.29) is 0 Å². The lowest BCUT2D eigenvalue weighted by molar-refractivity contribution is 0.314. The number of halogens is 1. The molecule has 0 spiro atoms. The maximum Gasteiger partial charge on any atom is 0.137 e. The molecule has 130 valence electrons. The van der Waals surface area contributed by atoms with E-state index in [2.05, 4.69) is 65.0 Å². The van der Waals surface area contributed by atoms with E-state index < -0.39 is 0 Å². The predicted molar refractivity (Wildman–Crippen MR) is 107 cm³/mol. The average molecular weight is 362 g/mol. The standard InChI is InChI=1S/C22H20ClN3/c1-25(15-17-10-12-19(23)13-11-17)16-20-22(18-7-3-2-4-8-18)24-21-9-5-6-14-26(20)21/h2-14H,15-16H2,1H3. The summed E-state index contributed by atoms with van der Waals surface area (Å²) in [6.45, 7) is 1.66. The Bertz CT molecular complexity index is 1010. The Morgan fingerprint density at radius 1 is 0.885 bits per heavy atom. The first-order chi connectivity index (χ1) is 12.7. The number of hydrogen-bond acceptors (Lipinski definition) is 2. The SMILES string of the molecule is CN(Cc1ccc(Cl)cc1)Cc1c(-c2ccccc2)nc2ccccn12. The monoisotopic (exact) mass is 361 g/mol. The van der Waals surface area contributed by atoms with Crippen molar-refractivity contribution < 1.29 is 0 Å². The van der Waals surface area contributed by atoms with E-state index in [4.69, 9.17) is 16.6 Å². The lowest BCUT2D eigenvalue weighted by Crippen LogP contribution is -2.18. The van der Waals surface area contributed by atoms with Gasteiger partial charge in [0.1, 0.15) is 5.65 Å². The number of rotatable bonds is 5. The molecule has 2 aromatic carbocycles. The zero-order valence-electron chi connectivity index (χ0n) is 14.6. The van der Waals surface area contributed by atoms with Crippen LogP contribution in [0.4, 0.5) is 0 Å². The molecular weight excluding hydrogens is 342 g/mol. The van der Waals surface area contributed by atoms with Gasteiger partial charge >= 0.3 is 0 Å². The zero-order chi connectivity index (χ0) is 17.9. The van der Waals surface area contributed by atoms with Gasteiger partial charge in [-0.3, -0.25) is 4.90 Å². The first-order valence-corrected chi connectivity index (χ1v) is 9.03. The maximum atomic E-state index is 5.99. The van der Waals surface area contributed by atoms with Crippen molar-refractivity contribution in [3.05, 3.63) is 95.3 Å². The zero-order valence-corrected chi connectivity index (χ0v) is 15.4. The Hall–Kier alpha value is -2.62. The summed E-state index contributed by atoms with van der Waals surface area (Å²) < 4.78 is 2.18. The van der Waals surface area contributed by atoms with Crippen LogP contribution >= 0.6 is 11.6 Å². The van der Waals surface area contributed by atoms with Crippen LogP contribution in [0, 0.1) is 0 Å². The molecule has 0 fully saturated rings. The van der Waals surface area contributed by atoms with Gasteiger partial charge in [-0.05, 0) is 36.9 Å². The molecule has 0 aliphatic carbocycles. The fraction of sp³-hybridized carbons (Fsp3) is 0.136. The Morgan fingerprint density at radius 2 is 1.62 bits per heavy atom. The fourth-order valence-corrected chi connectivity index (χ4v) is 3.36. The van der Waals surface area contributed by atoms with Crippen molar-refractivity contribution in [3.63, 3.8) is 0 Å². The van der Waals surface area contributed by atoms with Crippen molar-refractivity contribution in [3.8, 4) is 11.3 Å². The van der Waals surface area contributed by atoms with Crippen LogP contribution in [0.5, 0.6) is 0 Å². The third kappa shape index (κ3) is 3.50. The van der Waals surface area contributed by atoms with Gasteiger partial charge in [0.25, 0.3) is 0 Å². The molecule has 2 aromatic heterocycles. The molecule has 0 N–H and O–H groups in total. The van der Waals surface area contributed by atoms with Gasteiger partial charge in [0.05, 0.1) is 11.4 Å². The van der Waals surface area contributed by atoms with Crippen molar-refractivity contribution in [2.45, 2.75) is 13.1 Å². The van der Waals surface area contributed by atoms with Crippen LogP contribution in [-0.2, 0) is 13.1 Å². The minimum atomic E-state index is 0.768. The molecule has 0 unspecified atom stereocenters. The third-order valence-electron chi connectivity index (χ3n) is 4.46. The summed E-state index contributed by atoms with van der Waals surface area (Å²) in [7, 11) is 2.13. The predicted octanol–water partition coefficient (Wildman–Crippen LogP) is 5.29. The summed E-state index contributed by atoms with van der Waals surface area (Å²) in [5, 5.41) is 0.768. The van der Waals surface area contributed by atoms with Gasteiger partial charge in [0.15, 0.2) is 0 Å². The number of fused-ring (bicyclic) bond motifs is 1. The van der Waals surface area contributed by atoms with E-state index in [0.29, 0.717) is 0 Å². The molecule has 0 bridgehead atoms. The molecule has 0 saturated heterocycles. The van der Waals surface area contributed by atoms with Crippen LogP contribution in [0.1, 0.15) is 11.3 Å². The summed E-state index contributed by atoms with van der Waals surface area (Å²) >= 11 is 5.99. The highest BCUT2D eigenvalue weighted by molar-refractivity contribution is 6.30. The Labute approximate surface area is 158 Å². The Kier molecular flexibility index (Phi) is 4.74. The molecule has 0 radical (unpaired) electrons. The highest BCUT2D eigenvalue weighted by Crippen LogP contribution is 2.25. The van der Waals surface area contributed by atoms with Crippen molar-refractivity contribution in [2.24, 2.45) is 0 Å². The van der Waals surface area contributed by atoms with Gasteiger partial charge in [0.2, 0.25) is 0 Å². The van der Waals surface area contributed by atoms with Crippen LogP contribution in [0.2, 0.25) is 5.02 Å². The largest absolute Gasteiger partial charge is 0.302 e. The quantitative estimate of drug-likeness (QED) is 0.481. The van der Waals surface area contributed by atoms with Crippen molar-refractivity contribution in [1.29, 1.82) is 0 Å². The molecule has 0 aliphatic rings. The number of imidazole rings is 1. The molecule has 0 aliphatic heterocycles. The minimum absolute atomic E-state index is 0.768. The number of hydrogen-bond donors (Lipinski definition) is 0. The van der Waals surface area contributed by atoms with E-state index in [9.17, 15) is 0 Å². The Balaban J connectivity index is 1.67. The molecule has 0 amide bonds. The average Bonchev–Trinajstić information content (AvgIpc) is 3.03. The molecular formula is C22H20ClN3. The third-order valence-corrected chi connectivity index (χ3v) is 4.71. The second-order valence-corrected chi connectivity index (χ2v) is 6.94. The van der Waals surface area contributed by atoms with E-state index in [0.717, 1.165) is 35.0 Å². The molecule has 0 saturated carbocycles. The van der Waals surface area contributed by atoms with Gasteiger partial charge in [-0.2, -0.15) is 0 Å². The highest BCUT2D eigenvalue weighted by atomic mass is 35.5. The molecule has 26 heavy (non-hydrogen) atoms. The van der Waals surface area contributed by atoms with Crippen LogP contribution in [0.25, 0.3) is 16.9 Å². The van der Waals surface area contributed by atoms with Gasteiger partial charge < -0.3 is 4.40 Å². The van der Waals surface area contributed by atoms with E-state index in [1.54, 1.807) is 0 Å². The number of nitrogens with zero attached hydrogens (tertiary/aromatic N) is 3. The topological polar surface area (TPSA) is 20.5 Å². The molecule has 0 atom stereocenters. The maximum absolute atomic E-state index is 5.99. The first kappa shape index (κ1) is 16.8. The minimum Gasteiger partial charge on any atom is -0.302 e. The second kappa shape index (κ2) is 7.32. The van der Waals surface area contributed by atoms with Gasteiger partial charge in [-0.15, -0.1) is 0 Å². The number of benzene rings is 2. The van der Waals surface area contributed by atoms with Crippen molar-refractivity contribution in [1.82, 2.24) is 14.3 Å². The lowest BCUT2D eigenvalue weighted by Gasteiger charge is -2.17. The summed E-state index contributed by atoms with van der Waals surface area (Å²) in [5.41, 5.74) is 5.60. The normalized spacial score (nSPS) is 11.3. The second-order valence-electron chi connectivity index (χ2n) is 6.50. The molecule has 4 rings (SSSR count). The van der Waals surface area contributed by atoms with E-state index in [1.165, 1.54) is 11.3 Å². The number of pyridine rings is 1. The van der Waals surface area contributed by atoms with E-state index >= 15 is 0 Å². The van der Waals surface area contributed by atoms with Crippen molar-refractivity contribution in [2.75, 3.05) is 7.05 Å². The van der Waals surface area contributed by atoms with Gasteiger partial charge in [-0.1, -0.05) is 60.1 Å². The lowest BCUT2D eigenvalue weighted by atomic mass is 10.1. The van der Waals surface area contributed by atoms with Crippen LogP contribution in [0.3, 0.4) is 0 Å². The summed E-state index contributed by atoms with van der Waals surface area (Å²) in [6, 6.07) is 24.5. The molecule has 4 aromatic rings. The fourth-order valence-electron chi connectivity index (χ4n) is 3.24.